The first-order valence-electron chi connectivity index (χ1n) is 13.1. The van der Waals surface area contributed by atoms with Crippen LogP contribution >= 0.6 is 0 Å². The third-order valence-electron chi connectivity index (χ3n) is 6.91. The molecule has 0 heterocycles. The van der Waals surface area contributed by atoms with Crippen LogP contribution in [0.15, 0.2) is 161 Å². The summed E-state index contributed by atoms with van der Waals surface area (Å²) >= 11 is 0. The largest absolute Gasteiger partial charge is 0.508 e. The van der Waals surface area contributed by atoms with E-state index in [0.29, 0.717) is 11.5 Å². The van der Waals surface area contributed by atoms with Gasteiger partial charge in [-0.15, -0.1) is 0 Å². The second-order valence-corrected chi connectivity index (χ2v) is 11.6. The summed E-state index contributed by atoms with van der Waals surface area (Å²) in [5, 5.41) is 9.51. The number of phenolic OH excluding ortho intramolecular Hbond substituents is 1. The van der Waals surface area contributed by atoms with Gasteiger partial charge in [-0.2, -0.15) is 0 Å². The Balaban J connectivity index is 1.11. The molecule has 0 aromatic heterocycles. The average molecular weight is 555 g/mol. The fourth-order valence-corrected chi connectivity index (χ4v) is 5.92. The summed E-state index contributed by atoms with van der Waals surface area (Å²) in [5.74, 6) is 1.49. The van der Waals surface area contributed by atoms with E-state index in [9.17, 15) is 13.5 Å². The summed E-state index contributed by atoms with van der Waals surface area (Å²) in [6.07, 6.45) is 0. The Morgan fingerprint density at radius 3 is 1.12 bits per heavy atom. The third kappa shape index (κ3) is 5.76. The van der Waals surface area contributed by atoms with Crippen LogP contribution in [0.3, 0.4) is 0 Å². The van der Waals surface area contributed by atoms with Crippen LogP contribution in [0.25, 0.3) is 33.4 Å². The highest BCUT2D eigenvalue weighted by Crippen LogP contribution is 2.30. The number of sulfone groups is 1. The normalized spacial score (nSPS) is 11.2. The van der Waals surface area contributed by atoms with E-state index >= 15 is 0 Å². The second kappa shape index (κ2) is 11.2. The Hall–Kier alpha value is -5.13. The number of hydrogen-bond donors (Lipinski definition) is 1. The molecule has 0 saturated carbocycles. The van der Waals surface area contributed by atoms with Gasteiger partial charge in [0.05, 0.1) is 9.79 Å². The molecule has 6 aromatic rings. The quantitative estimate of drug-likeness (QED) is 0.214. The number of rotatable bonds is 7. The van der Waals surface area contributed by atoms with Gasteiger partial charge in [-0.3, -0.25) is 0 Å². The standard InChI is InChI=1S/C36H26O4S/c37-32-18-14-30(15-19-32)28-10-6-26(7-11-28)27-8-12-29(13-9-27)31-16-20-33(21-17-31)40-34-22-24-36(25-23-34)41(38,39)35-4-2-1-3-5-35/h1-25,37H. The molecule has 0 amide bonds. The van der Waals surface area contributed by atoms with Crippen LogP contribution in [0.4, 0.5) is 0 Å². The van der Waals surface area contributed by atoms with E-state index in [1.165, 1.54) is 0 Å². The molecule has 0 radical (unpaired) electrons. The van der Waals surface area contributed by atoms with Crippen molar-refractivity contribution in [3.8, 4) is 50.6 Å². The van der Waals surface area contributed by atoms with Crippen molar-refractivity contribution in [1.82, 2.24) is 0 Å². The van der Waals surface area contributed by atoms with Crippen molar-refractivity contribution < 1.29 is 18.3 Å². The molecule has 0 bridgehead atoms. The Morgan fingerprint density at radius 2 is 0.707 bits per heavy atom. The summed E-state index contributed by atoms with van der Waals surface area (Å²) in [6.45, 7) is 0. The van der Waals surface area contributed by atoms with Crippen LogP contribution in [0.2, 0.25) is 0 Å². The van der Waals surface area contributed by atoms with Crippen LogP contribution in [0, 0.1) is 0 Å². The van der Waals surface area contributed by atoms with Crippen molar-refractivity contribution in [2.24, 2.45) is 0 Å². The lowest BCUT2D eigenvalue weighted by atomic mass is 9.98. The van der Waals surface area contributed by atoms with Gasteiger partial charge < -0.3 is 9.84 Å². The maximum Gasteiger partial charge on any atom is 0.206 e. The molecule has 200 valence electrons. The van der Waals surface area contributed by atoms with Gasteiger partial charge in [0.1, 0.15) is 17.2 Å². The summed E-state index contributed by atoms with van der Waals surface area (Å²) in [7, 11) is -3.56. The summed E-state index contributed by atoms with van der Waals surface area (Å²) in [6, 6.07) is 46.7. The molecule has 0 spiro atoms. The zero-order chi connectivity index (χ0) is 28.2. The molecule has 0 aliphatic rings. The third-order valence-corrected chi connectivity index (χ3v) is 8.70. The smallest absolute Gasteiger partial charge is 0.206 e. The van der Waals surface area contributed by atoms with Gasteiger partial charge in [-0.05, 0) is 94.0 Å². The molecule has 0 saturated heterocycles. The van der Waals surface area contributed by atoms with Crippen molar-refractivity contribution in [2.75, 3.05) is 0 Å². The predicted octanol–water partition coefficient (Wildman–Crippen LogP) is 9.02. The Labute approximate surface area is 239 Å². The molecular formula is C36H26O4S. The van der Waals surface area contributed by atoms with Crippen molar-refractivity contribution >= 4 is 9.84 Å². The minimum absolute atomic E-state index is 0.225. The lowest BCUT2D eigenvalue weighted by Crippen LogP contribution is -2.01. The van der Waals surface area contributed by atoms with Gasteiger partial charge >= 0.3 is 0 Å². The van der Waals surface area contributed by atoms with Crippen LogP contribution in [-0.4, -0.2) is 13.5 Å². The molecule has 0 fully saturated rings. The molecule has 6 rings (SSSR count). The van der Waals surface area contributed by atoms with Gasteiger partial charge in [0.2, 0.25) is 9.84 Å². The van der Waals surface area contributed by atoms with Crippen LogP contribution in [0.1, 0.15) is 0 Å². The van der Waals surface area contributed by atoms with Gasteiger partial charge in [-0.25, -0.2) is 8.42 Å². The Kier molecular flexibility index (Phi) is 7.11. The Bertz CT molecular complexity index is 1860. The zero-order valence-corrected chi connectivity index (χ0v) is 22.8. The fourth-order valence-electron chi connectivity index (χ4n) is 4.64. The van der Waals surface area contributed by atoms with Gasteiger partial charge in [0, 0.05) is 0 Å². The van der Waals surface area contributed by atoms with Crippen molar-refractivity contribution in [3.63, 3.8) is 0 Å². The molecule has 0 unspecified atom stereocenters. The summed E-state index contributed by atoms with van der Waals surface area (Å²) in [4.78, 5) is 0.490. The van der Waals surface area contributed by atoms with Crippen molar-refractivity contribution in [1.29, 1.82) is 0 Å². The van der Waals surface area contributed by atoms with E-state index in [2.05, 4.69) is 48.5 Å². The highest BCUT2D eigenvalue weighted by Gasteiger charge is 2.17. The van der Waals surface area contributed by atoms with Crippen LogP contribution in [-0.2, 0) is 9.84 Å². The molecule has 1 N–H and O–H groups in total. The van der Waals surface area contributed by atoms with Crippen molar-refractivity contribution in [3.05, 3.63) is 152 Å². The summed E-state index contributed by atoms with van der Waals surface area (Å²) < 4.78 is 31.6. The molecule has 0 aliphatic heterocycles. The van der Waals surface area contributed by atoms with Gasteiger partial charge in [0.25, 0.3) is 0 Å². The zero-order valence-electron chi connectivity index (χ0n) is 22.0. The van der Waals surface area contributed by atoms with E-state index in [1.807, 2.05) is 36.4 Å². The van der Waals surface area contributed by atoms with Gasteiger partial charge in [-0.1, -0.05) is 91.0 Å². The number of benzene rings is 6. The van der Waals surface area contributed by atoms with Crippen LogP contribution in [0.5, 0.6) is 17.2 Å². The maximum atomic E-state index is 12.8. The maximum absolute atomic E-state index is 12.8. The summed E-state index contributed by atoms with van der Waals surface area (Å²) in [5.41, 5.74) is 6.58. The minimum atomic E-state index is -3.56. The highest BCUT2D eigenvalue weighted by atomic mass is 32.2. The monoisotopic (exact) mass is 554 g/mol. The number of hydrogen-bond acceptors (Lipinski definition) is 4. The van der Waals surface area contributed by atoms with E-state index in [0.717, 1.165) is 33.4 Å². The fraction of sp³-hybridized carbons (Fsp3) is 0. The lowest BCUT2D eigenvalue weighted by Gasteiger charge is -2.09. The molecule has 5 heteroatoms. The number of aromatic hydroxyl groups is 1. The predicted molar refractivity (Wildman–Crippen MR) is 163 cm³/mol. The molecule has 41 heavy (non-hydrogen) atoms. The topological polar surface area (TPSA) is 63.6 Å². The lowest BCUT2D eigenvalue weighted by molar-refractivity contribution is 0.475. The van der Waals surface area contributed by atoms with E-state index in [-0.39, 0.29) is 15.5 Å². The van der Waals surface area contributed by atoms with Gasteiger partial charge in [0.15, 0.2) is 0 Å². The first-order valence-corrected chi connectivity index (χ1v) is 14.6. The van der Waals surface area contributed by atoms with Crippen LogP contribution < -0.4 is 4.74 Å². The number of ether oxygens (including phenoxy) is 1. The molecule has 0 aliphatic carbocycles. The molecule has 4 nitrogen and oxygen atoms in total. The minimum Gasteiger partial charge on any atom is -0.508 e. The van der Waals surface area contributed by atoms with Crippen molar-refractivity contribution in [2.45, 2.75) is 9.79 Å². The SMILES string of the molecule is O=S(=O)(c1ccccc1)c1ccc(Oc2ccc(-c3ccc(-c4ccc(-c5ccc(O)cc5)cc4)cc3)cc2)cc1. The second-order valence-electron chi connectivity index (χ2n) is 9.62. The molecule has 6 aromatic carbocycles. The Morgan fingerprint density at radius 1 is 0.390 bits per heavy atom. The number of phenols is 1. The highest BCUT2D eigenvalue weighted by molar-refractivity contribution is 7.91. The molecular weight excluding hydrogens is 528 g/mol. The van der Waals surface area contributed by atoms with E-state index in [4.69, 9.17) is 4.74 Å². The van der Waals surface area contributed by atoms with E-state index < -0.39 is 9.84 Å². The molecule has 0 atom stereocenters. The van der Waals surface area contributed by atoms with E-state index in [1.54, 1.807) is 66.7 Å². The first-order chi connectivity index (χ1) is 20.0. The average Bonchev–Trinajstić information content (AvgIpc) is 3.03. The first kappa shape index (κ1) is 26.1.